The molecule has 0 rings (SSSR count). The molecule has 2 unspecified atom stereocenters. The molecule has 0 aliphatic heterocycles. The van der Waals surface area contributed by atoms with Gasteiger partial charge in [-0.3, -0.25) is 0 Å². The van der Waals surface area contributed by atoms with Crippen molar-refractivity contribution in [3.63, 3.8) is 0 Å². The van der Waals surface area contributed by atoms with Gasteiger partial charge in [0.2, 0.25) is 0 Å². The summed E-state index contributed by atoms with van der Waals surface area (Å²) in [5.41, 5.74) is 0. The van der Waals surface area contributed by atoms with Crippen LogP contribution in [0.25, 0.3) is 0 Å². The van der Waals surface area contributed by atoms with Crippen LogP contribution in [0.15, 0.2) is 0 Å². The summed E-state index contributed by atoms with van der Waals surface area (Å²) in [6.07, 6.45) is 7.69. The minimum atomic E-state index is -4.16. The summed E-state index contributed by atoms with van der Waals surface area (Å²) in [6.45, 7) is 4.01. The number of aliphatic hydroxyl groups excluding tert-OH is 1. The van der Waals surface area contributed by atoms with E-state index in [0.717, 1.165) is 32.1 Å². The van der Waals surface area contributed by atoms with Gasteiger partial charge in [0, 0.05) is 5.25 Å². The van der Waals surface area contributed by atoms with E-state index < -0.39 is 15.4 Å². The van der Waals surface area contributed by atoms with Crippen molar-refractivity contribution >= 4 is 10.1 Å². The van der Waals surface area contributed by atoms with Crippen molar-refractivity contribution in [3.8, 4) is 0 Å². The molecule has 0 bridgehead atoms. The second-order valence-electron chi connectivity index (χ2n) is 5.34. The summed E-state index contributed by atoms with van der Waals surface area (Å²) in [4.78, 5) is 0. The Morgan fingerprint density at radius 3 is 1.85 bits per heavy atom. The first kappa shape index (κ1) is 23.1. The van der Waals surface area contributed by atoms with E-state index in [1.165, 1.54) is 0 Å². The number of hydrogen-bond donors (Lipinski definition) is 1. The van der Waals surface area contributed by atoms with Crippen LogP contribution in [-0.4, -0.2) is 29.4 Å². The van der Waals surface area contributed by atoms with Crippen molar-refractivity contribution in [2.75, 3.05) is 0 Å². The summed E-state index contributed by atoms with van der Waals surface area (Å²) >= 11 is 0. The smallest absolute Gasteiger partial charge is 0.748 e. The zero-order valence-corrected chi connectivity index (χ0v) is 16.1. The normalized spacial score (nSPS) is 14.6. The first-order valence-corrected chi connectivity index (χ1v) is 9.01. The van der Waals surface area contributed by atoms with Gasteiger partial charge in [-0.2, -0.15) is 0 Å². The first-order valence-electron chi connectivity index (χ1n) is 7.54. The molecule has 0 aromatic heterocycles. The van der Waals surface area contributed by atoms with Crippen molar-refractivity contribution in [2.24, 2.45) is 0 Å². The summed E-state index contributed by atoms with van der Waals surface area (Å²) in [5.74, 6) is 0. The molecule has 20 heavy (non-hydrogen) atoms. The van der Waals surface area contributed by atoms with E-state index in [9.17, 15) is 18.1 Å². The largest absolute Gasteiger partial charge is 1.00 e. The number of unbranched alkanes of at least 4 members (excludes halogenated alkanes) is 3. The average Bonchev–Trinajstić information content (AvgIpc) is 2.32. The molecule has 0 fully saturated rings. The van der Waals surface area contributed by atoms with Crippen LogP contribution >= 0.6 is 0 Å². The molecule has 116 valence electrons. The molecule has 0 saturated carbocycles. The van der Waals surface area contributed by atoms with Crippen molar-refractivity contribution in [3.05, 3.63) is 0 Å². The van der Waals surface area contributed by atoms with E-state index in [1.807, 2.05) is 6.92 Å². The van der Waals surface area contributed by atoms with Crippen molar-refractivity contribution < 1.29 is 47.6 Å². The molecule has 0 aromatic rings. The standard InChI is InChI=1S/C14H30O4S.Na/c1-3-5-6-10-13(15)11-7-8-12-14(9-4-2)19(16,17)18;/h13-15H,3-12H2,1-2H3,(H,16,17,18);/q;+1/p-1. The first-order chi connectivity index (χ1) is 8.91. The fraction of sp³-hybridized carbons (Fsp3) is 1.00. The molecule has 2 atom stereocenters. The van der Waals surface area contributed by atoms with Gasteiger partial charge in [-0.15, -0.1) is 0 Å². The van der Waals surface area contributed by atoms with E-state index in [1.54, 1.807) is 0 Å². The van der Waals surface area contributed by atoms with Gasteiger partial charge < -0.3 is 9.66 Å². The van der Waals surface area contributed by atoms with Crippen LogP contribution in [0, 0.1) is 0 Å². The maximum absolute atomic E-state index is 11.0. The minimum Gasteiger partial charge on any atom is -0.748 e. The van der Waals surface area contributed by atoms with Crippen LogP contribution in [0.5, 0.6) is 0 Å². The van der Waals surface area contributed by atoms with Gasteiger partial charge in [0.05, 0.1) is 16.2 Å². The minimum absolute atomic E-state index is 0. The molecule has 0 aliphatic carbocycles. The molecule has 4 nitrogen and oxygen atoms in total. The van der Waals surface area contributed by atoms with Crippen LogP contribution in [0.2, 0.25) is 0 Å². The van der Waals surface area contributed by atoms with Gasteiger partial charge >= 0.3 is 29.6 Å². The van der Waals surface area contributed by atoms with Gasteiger partial charge in [-0.25, -0.2) is 8.42 Å². The molecular formula is C14H29NaO4S. The molecule has 0 spiro atoms. The quantitative estimate of drug-likeness (QED) is 0.317. The fourth-order valence-electron chi connectivity index (χ4n) is 2.28. The predicted molar refractivity (Wildman–Crippen MR) is 77.0 cm³/mol. The van der Waals surface area contributed by atoms with Crippen LogP contribution in [0.4, 0.5) is 0 Å². The SMILES string of the molecule is CCCCCC(O)CCCCC(CCC)S(=O)(=O)[O-].[Na+]. The predicted octanol–water partition coefficient (Wildman–Crippen LogP) is 0.206. The van der Waals surface area contributed by atoms with Gasteiger partial charge in [0.25, 0.3) is 0 Å². The summed E-state index contributed by atoms with van der Waals surface area (Å²) in [5, 5.41) is 8.98. The van der Waals surface area contributed by atoms with Gasteiger partial charge in [-0.1, -0.05) is 52.4 Å². The van der Waals surface area contributed by atoms with E-state index in [2.05, 4.69) is 6.92 Å². The average molecular weight is 316 g/mol. The Kier molecular flexibility index (Phi) is 15.7. The van der Waals surface area contributed by atoms with Gasteiger partial charge in [0.15, 0.2) is 0 Å². The third kappa shape index (κ3) is 12.6. The Labute approximate surface area is 146 Å². The maximum Gasteiger partial charge on any atom is 1.00 e. The van der Waals surface area contributed by atoms with E-state index >= 15 is 0 Å². The van der Waals surface area contributed by atoms with Crippen LogP contribution in [0.3, 0.4) is 0 Å². The van der Waals surface area contributed by atoms with Crippen LogP contribution in [-0.2, 0) is 10.1 Å². The molecule has 0 saturated heterocycles. The second kappa shape index (κ2) is 13.5. The van der Waals surface area contributed by atoms with Crippen molar-refractivity contribution in [2.45, 2.75) is 89.4 Å². The Balaban J connectivity index is 0. The molecule has 6 heteroatoms. The molecule has 1 N–H and O–H groups in total. The summed E-state index contributed by atoms with van der Waals surface area (Å²) < 4.78 is 33.1. The topological polar surface area (TPSA) is 77.4 Å². The van der Waals surface area contributed by atoms with Gasteiger partial charge in [-0.05, 0) is 25.7 Å². The van der Waals surface area contributed by atoms with Crippen molar-refractivity contribution in [1.29, 1.82) is 0 Å². The monoisotopic (exact) mass is 316 g/mol. The Bertz CT molecular complexity index is 306. The van der Waals surface area contributed by atoms with Crippen LogP contribution < -0.4 is 29.6 Å². The van der Waals surface area contributed by atoms with Crippen LogP contribution in [0.1, 0.15) is 78.1 Å². The Hall–Kier alpha value is 0.870. The number of aliphatic hydroxyl groups is 1. The maximum atomic E-state index is 11.0. The van der Waals surface area contributed by atoms with Crippen molar-refractivity contribution in [1.82, 2.24) is 0 Å². The van der Waals surface area contributed by atoms with E-state index in [0.29, 0.717) is 32.1 Å². The van der Waals surface area contributed by atoms with Gasteiger partial charge in [0.1, 0.15) is 0 Å². The number of hydrogen-bond acceptors (Lipinski definition) is 4. The summed E-state index contributed by atoms with van der Waals surface area (Å²) in [6, 6.07) is 0. The third-order valence-electron chi connectivity index (χ3n) is 3.47. The zero-order chi connectivity index (χ0) is 14.7. The second-order valence-corrected chi connectivity index (χ2v) is 6.99. The molecule has 0 amide bonds. The third-order valence-corrected chi connectivity index (χ3v) is 4.76. The number of rotatable bonds is 12. The zero-order valence-electron chi connectivity index (χ0n) is 13.3. The van der Waals surface area contributed by atoms with E-state index in [-0.39, 0.29) is 35.7 Å². The Morgan fingerprint density at radius 2 is 1.40 bits per heavy atom. The molecule has 0 heterocycles. The fourth-order valence-corrected chi connectivity index (χ4v) is 3.26. The molecular weight excluding hydrogens is 287 g/mol. The molecule has 0 aliphatic rings. The Morgan fingerprint density at radius 1 is 0.900 bits per heavy atom. The molecule has 0 radical (unpaired) electrons. The van der Waals surface area contributed by atoms with E-state index in [4.69, 9.17) is 0 Å². The molecule has 0 aromatic carbocycles. The summed E-state index contributed by atoms with van der Waals surface area (Å²) in [7, 11) is -4.16.